The molecule has 0 atom stereocenters. The van der Waals surface area contributed by atoms with Crippen molar-refractivity contribution in [2.75, 3.05) is 17.2 Å². The maximum atomic E-state index is 12.6. The summed E-state index contributed by atoms with van der Waals surface area (Å²) in [5.74, 6) is -1.39. The molecule has 3 N–H and O–H groups in total. The predicted octanol–water partition coefficient (Wildman–Crippen LogP) is 1.79. The number of nitrogens with zero attached hydrogens (tertiary/aromatic N) is 2. The fourth-order valence-electron chi connectivity index (χ4n) is 1.89. The number of rotatable bonds is 5. The quantitative estimate of drug-likeness (QED) is 0.873. The lowest BCUT2D eigenvalue weighted by Gasteiger charge is -2.22. The van der Waals surface area contributed by atoms with Gasteiger partial charge in [0.2, 0.25) is 0 Å². The molecule has 0 aliphatic heterocycles. The topological polar surface area (TPSA) is 96.5 Å². The highest BCUT2D eigenvalue weighted by Gasteiger charge is 2.21. The van der Waals surface area contributed by atoms with E-state index in [2.05, 4.69) is 4.98 Å². The van der Waals surface area contributed by atoms with Gasteiger partial charge >= 0.3 is 5.97 Å². The van der Waals surface area contributed by atoms with E-state index in [4.69, 9.17) is 10.8 Å². The van der Waals surface area contributed by atoms with Crippen LogP contribution in [0.2, 0.25) is 0 Å². The number of para-hydroxylation sites is 1. The molecule has 2 rings (SSSR count). The first-order valence-electron chi connectivity index (χ1n) is 6.39. The van der Waals surface area contributed by atoms with Gasteiger partial charge in [-0.05, 0) is 24.3 Å². The van der Waals surface area contributed by atoms with Crippen LogP contribution in [0.1, 0.15) is 16.9 Å². The minimum Gasteiger partial charge on any atom is -0.481 e. The molecular formula is C15H15N3O3. The summed E-state index contributed by atoms with van der Waals surface area (Å²) < 4.78 is 0. The first-order valence-corrected chi connectivity index (χ1v) is 6.39. The molecule has 1 amide bonds. The first kappa shape index (κ1) is 14.5. The number of carboxylic acids is 1. The molecule has 2 aromatic rings. The van der Waals surface area contributed by atoms with E-state index in [9.17, 15) is 9.59 Å². The molecule has 0 spiro atoms. The number of anilines is 2. The van der Waals surface area contributed by atoms with Crippen molar-refractivity contribution in [2.24, 2.45) is 0 Å². The highest BCUT2D eigenvalue weighted by molar-refractivity contribution is 6.08. The zero-order valence-electron chi connectivity index (χ0n) is 11.3. The third kappa shape index (κ3) is 3.56. The highest BCUT2D eigenvalue weighted by Crippen LogP contribution is 2.19. The number of benzene rings is 1. The van der Waals surface area contributed by atoms with Crippen molar-refractivity contribution in [3.05, 3.63) is 54.4 Å². The van der Waals surface area contributed by atoms with Crippen molar-refractivity contribution in [3.8, 4) is 0 Å². The SMILES string of the molecule is Nc1cccnc1C(=O)N(CCC(=O)O)c1ccccc1. The predicted molar refractivity (Wildman–Crippen MR) is 79.0 cm³/mol. The number of hydrogen-bond acceptors (Lipinski definition) is 4. The van der Waals surface area contributed by atoms with Gasteiger partial charge in [-0.1, -0.05) is 18.2 Å². The van der Waals surface area contributed by atoms with Crippen LogP contribution in [-0.4, -0.2) is 28.5 Å². The zero-order chi connectivity index (χ0) is 15.2. The van der Waals surface area contributed by atoms with Gasteiger partial charge in [-0.15, -0.1) is 0 Å². The van der Waals surface area contributed by atoms with Crippen LogP contribution in [0.15, 0.2) is 48.7 Å². The van der Waals surface area contributed by atoms with Crippen LogP contribution < -0.4 is 10.6 Å². The van der Waals surface area contributed by atoms with Crippen LogP contribution in [0.3, 0.4) is 0 Å². The van der Waals surface area contributed by atoms with Gasteiger partial charge in [0.05, 0.1) is 12.1 Å². The minimum atomic E-state index is -0.974. The Morgan fingerprint density at radius 3 is 2.48 bits per heavy atom. The van der Waals surface area contributed by atoms with E-state index >= 15 is 0 Å². The van der Waals surface area contributed by atoms with Crippen LogP contribution in [-0.2, 0) is 4.79 Å². The fourth-order valence-corrected chi connectivity index (χ4v) is 1.89. The maximum Gasteiger partial charge on any atom is 0.305 e. The average Bonchev–Trinajstić information content (AvgIpc) is 2.48. The number of carboxylic acid groups (broad SMARTS) is 1. The molecule has 0 unspecified atom stereocenters. The monoisotopic (exact) mass is 285 g/mol. The summed E-state index contributed by atoms with van der Waals surface area (Å²) in [6, 6.07) is 12.1. The number of amides is 1. The fraction of sp³-hybridized carbons (Fsp3) is 0.133. The molecule has 1 heterocycles. The molecule has 108 valence electrons. The summed E-state index contributed by atoms with van der Waals surface area (Å²) in [7, 11) is 0. The lowest BCUT2D eigenvalue weighted by Crippen LogP contribution is -2.34. The molecule has 6 heteroatoms. The van der Waals surface area contributed by atoms with Crippen molar-refractivity contribution in [3.63, 3.8) is 0 Å². The molecule has 1 aromatic heterocycles. The second-order valence-electron chi connectivity index (χ2n) is 4.38. The van der Waals surface area contributed by atoms with Crippen molar-refractivity contribution < 1.29 is 14.7 Å². The first-order chi connectivity index (χ1) is 10.1. The van der Waals surface area contributed by atoms with E-state index in [1.807, 2.05) is 6.07 Å². The minimum absolute atomic E-state index is 0.0498. The Bertz CT molecular complexity index is 644. The molecule has 0 bridgehead atoms. The van der Waals surface area contributed by atoms with E-state index < -0.39 is 11.9 Å². The Kier molecular flexibility index (Phi) is 4.50. The Labute approximate surface area is 121 Å². The highest BCUT2D eigenvalue weighted by atomic mass is 16.4. The number of aromatic nitrogens is 1. The molecule has 0 fully saturated rings. The maximum absolute atomic E-state index is 12.6. The van der Waals surface area contributed by atoms with Gasteiger partial charge in [-0.3, -0.25) is 9.59 Å². The molecule has 21 heavy (non-hydrogen) atoms. The van der Waals surface area contributed by atoms with Gasteiger partial charge in [0.25, 0.3) is 5.91 Å². The standard InChI is InChI=1S/C15H15N3O3/c16-12-7-4-9-17-14(12)15(21)18(10-8-13(19)20)11-5-2-1-3-6-11/h1-7,9H,8,10,16H2,(H,19,20). The van der Waals surface area contributed by atoms with Crippen LogP contribution in [0.4, 0.5) is 11.4 Å². The summed E-state index contributed by atoms with van der Waals surface area (Å²) in [5.41, 5.74) is 6.75. The number of carbonyl (C=O) groups excluding carboxylic acids is 1. The van der Waals surface area contributed by atoms with Crippen molar-refractivity contribution in [1.82, 2.24) is 4.98 Å². The average molecular weight is 285 g/mol. The molecule has 0 aliphatic carbocycles. The summed E-state index contributed by atoms with van der Waals surface area (Å²) in [6.07, 6.45) is 1.32. The van der Waals surface area contributed by atoms with Gasteiger partial charge in [-0.2, -0.15) is 0 Å². The lowest BCUT2D eigenvalue weighted by atomic mass is 10.2. The zero-order valence-corrected chi connectivity index (χ0v) is 11.3. The molecule has 0 aliphatic rings. The van der Waals surface area contributed by atoms with Gasteiger partial charge in [-0.25, -0.2) is 4.98 Å². The third-order valence-corrected chi connectivity index (χ3v) is 2.90. The van der Waals surface area contributed by atoms with E-state index in [1.54, 1.807) is 36.4 Å². The van der Waals surface area contributed by atoms with E-state index in [-0.39, 0.29) is 24.3 Å². The number of aliphatic carboxylic acids is 1. The molecule has 6 nitrogen and oxygen atoms in total. The Balaban J connectivity index is 2.33. The normalized spacial score (nSPS) is 10.1. The van der Waals surface area contributed by atoms with E-state index in [0.29, 0.717) is 5.69 Å². The van der Waals surface area contributed by atoms with Gasteiger partial charge in [0.15, 0.2) is 5.69 Å². The number of hydrogen-bond donors (Lipinski definition) is 2. The number of carbonyl (C=O) groups is 2. The Morgan fingerprint density at radius 2 is 1.86 bits per heavy atom. The van der Waals surface area contributed by atoms with Crippen molar-refractivity contribution in [2.45, 2.75) is 6.42 Å². The van der Waals surface area contributed by atoms with Crippen molar-refractivity contribution >= 4 is 23.3 Å². The molecule has 0 saturated heterocycles. The van der Waals surface area contributed by atoms with Crippen LogP contribution >= 0.6 is 0 Å². The van der Waals surface area contributed by atoms with Gasteiger partial charge < -0.3 is 15.7 Å². The number of nitrogen functional groups attached to an aromatic ring is 1. The molecule has 0 saturated carbocycles. The largest absolute Gasteiger partial charge is 0.481 e. The second-order valence-corrected chi connectivity index (χ2v) is 4.38. The van der Waals surface area contributed by atoms with Crippen molar-refractivity contribution in [1.29, 1.82) is 0 Å². The Hall–Kier alpha value is -2.89. The molecule has 0 radical (unpaired) electrons. The number of pyridine rings is 1. The van der Waals surface area contributed by atoms with Crippen LogP contribution in [0, 0.1) is 0 Å². The third-order valence-electron chi connectivity index (χ3n) is 2.90. The van der Waals surface area contributed by atoms with E-state index in [0.717, 1.165) is 0 Å². The molecular weight excluding hydrogens is 270 g/mol. The smallest absolute Gasteiger partial charge is 0.305 e. The lowest BCUT2D eigenvalue weighted by molar-refractivity contribution is -0.136. The van der Waals surface area contributed by atoms with Crippen LogP contribution in [0.5, 0.6) is 0 Å². The van der Waals surface area contributed by atoms with Crippen LogP contribution in [0.25, 0.3) is 0 Å². The van der Waals surface area contributed by atoms with Gasteiger partial charge in [0.1, 0.15) is 0 Å². The Morgan fingerprint density at radius 1 is 1.14 bits per heavy atom. The summed E-state index contributed by atoms with van der Waals surface area (Å²) in [6.45, 7) is 0.0498. The van der Waals surface area contributed by atoms with Gasteiger partial charge in [0, 0.05) is 18.4 Å². The molecule has 1 aromatic carbocycles. The van der Waals surface area contributed by atoms with E-state index in [1.165, 1.54) is 11.1 Å². The summed E-state index contributed by atoms with van der Waals surface area (Å²) >= 11 is 0. The second kappa shape index (κ2) is 6.51. The summed E-state index contributed by atoms with van der Waals surface area (Å²) in [5, 5.41) is 8.84. The number of nitrogens with two attached hydrogens (primary N) is 1. The summed E-state index contributed by atoms with van der Waals surface area (Å²) in [4.78, 5) is 28.7.